The lowest BCUT2D eigenvalue weighted by Gasteiger charge is -2.30. The highest BCUT2D eigenvalue weighted by Crippen LogP contribution is 2.38. The van der Waals surface area contributed by atoms with E-state index in [9.17, 15) is 4.79 Å². The molecular formula is C25H34O2S. The average Bonchev–Trinajstić information content (AvgIpc) is 2.70. The minimum Gasteiger partial charge on any atom is -0.465 e. The van der Waals surface area contributed by atoms with Crippen molar-refractivity contribution in [3.8, 4) is 0 Å². The molecule has 1 atom stereocenters. The molecule has 3 heteroatoms. The van der Waals surface area contributed by atoms with Crippen LogP contribution in [0.25, 0.3) is 0 Å². The maximum absolute atomic E-state index is 12.0. The van der Waals surface area contributed by atoms with Gasteiger partial charge in [0, 0.05) is 10.8 Å². The minimum absolute atomic E-state index is 0.0240. The van der Waals surface area contributed by atoms with Gasteiger partial charge in [-0.05, 0) is 45.3 Å². The number of carbonyl (C=O) groups is 1. The molecule has 0 aromatic rings. The van der Waals surface area contributed by atoms with Gasteiger partial charge in [0.05, 0.1) is 6.61 Å². The van der Waals surface area contributed by atoms with Gasteiger partial charge in [0.1, 0.15) is 5.25 Å². The maximum Gasteiger partial charge on any atom is 0.319 e. The first-order chi connectivity index (χ1) is 13.5. The lowest BCUT2D eigenvalue weighted by atomic mass is 9.74. The van der Waals surface area contributed by atoms with E-state index in [4.69, 9.17) is 4.74 Å². The topological polar surface area (TPSA) is 26.3 Å². The summed E-state index contributed by atoms with van der Waals surface area (Å²) < 4.78 is 5.19. The highest BCUT2D eigenvalue weighted by Gasteiger charge is 2.26. The van der Waals surface area contributed by atoms with Crippen LogP contribution < -0.4 is 0 Å². The van der Waals surface area contributed by atoms with Crippen molar-refractivity contribution >= 4 is 17.7 Å². The average molecular weight is 399 g/mol. The van der Waals surface area contributed by atoms with Crippen molar-refractivity contribution in [3.05, 3.63) is 72.9 Å². The molecule has 1 unspecified atom stereocenters. The van der Waals surface area contributed by atoms with Gasteiger partial charge in [-0.2, -0.15) is 0 Å². The zero-order valence-electron chi connectivity index (χ0n) is 17.5. The first-order valence-electron chi connectivity index (χ1n) is 10.4. The van der Waals surface area contributed by atoms with E-state index >= 15 is 0 Å². The molecule has 2 aliphatic rings. The molecule has 0 aromatic carbocycles. The predicted molar refractivity (Wildman–Crippen MR) is 122 cm³/mol. The summed E-state index contributed by atoms with van der Waals surface area (Å²) in [6.45, 7) is 6.66. The Morgan fingerprint density at radius 2 is 1.79 bits per heavy atom. The molecule has 0 saturated heterocycles. The van der Waals surface area contributed by atoms with E-state index < -0.39 is 0 Å². The van der Waals surface area contributed by atoms with Gasteiger partial charge in [-0.25, -0.2) is 0 Å². The van der Waals surface area contributed by atoms with Gasteiger partial charge >= 0.3 is 5.97 Å². The second-order valence-electron chi connectivity index (χ2n) is 7.53. The zero-order chi connectivity index (χ0) is 20.3. The van der Waals surface area contributed by atoms with Crippen molar-refractivity contribution in [2.45, 2.75) is 51.7 Å². The predicted octanol–water partition coefficient (Wildman–Crippen LogP) is 6.59. The van der Waals surface area contributed by atoms with Crippen molar-refractivity contribution in [2.75, 3.05) is 12.4 Å². The zero-order valence-corrected chi connectivity index (χ0v) is 18.3. The number of hydrogen-bond donors (Lipinski definition) is 0. The van der Waals surface area contributed by atoms with Crippen molar-refractivity contribution < 1.29 is 9.53 Å². The molecule has 28 heavy (non-hydrogen) atoms. The van der Waals surface area contributed by atoms with E-state index in [0.29, 0.717) is 6.61 Å². The van der Waals surface area contributed by atoms with Crippen LogP contribution in [0.2, 0.25) is 0 Å². The molecule has 2 rings (SSSR count). The largest absolute Gasteiger partial charge is 0.465 e. The Balaban J connectivity index is 1.82. The molecule has 0 bridgehead atoms. The van der Waals surface area contributed by atoms with Gasteiger partial charge < -0.3 is 4.74 Å². The number of rotatable bonds is 10. The number of carbonyl (C=O) groups excluding carboxylic acids is 1. The molecule has 0 radical (unpaired) electrons. The van der Waals surface area contributed by atoms with Gasteiger partial charge in [-0.3, -0.25) is 4.79 Å². The van der Waals surface area contributed by atoms with E-state index in [1.807, 2.05) is 6.92 Å². The molecule has 1 spiro atoms. The number of esters is 1. The van der Waals surface area contributed by atoms with E-state index in [-0.39, 0.29) is 22.0 Å². The van der Waals surface area contributed by atoms with Crippen molar-refractivity contribution in [1.29, 1.82) is 0 Å². The summed E-state index contributed by atoms with van der Waals surface area (Å²) in [6, 6.07) is 0. The lowest BCUT2D eigenvalue weighted by Crippen LogP contribution is -2.20. The highest BCUT2D eigenvalue weighted by molar-refractivity contribution is 8.00. The summed E-state index contributed by atoms with van der Waals surface area (Å²) in [5.41, 5.74) is -0.0631. The summed E-state index contributed by atoms with van der Waals surface area (Å²) in [6.07, 6.45) is 30.5. The van der Waals surface area contributed by atoms with Crippen LogP contribution in [-0.2, 0) is 9.53 Å². The third-order valence-corrected chi connectivity index (χ3v) is 6.32. The Bertz CT molecular complexity index is 651. The third kappa shape index (κ3) is 7.01. The Morgan fingerprint density at radius 3 is 2.43 bits per heavy atom. The molecule has 2 nitrogen and oxygen atoms in total. The van der Waals surface area contributed by atoms with Crippen molar-refractivity contribution in [2.24, 2.45) is 10.8 Å². The monoisotopic (exact) mass is 398 g/mol. The van der Waals surface area contributed by atoms with Crippen LogP contribution in [-0.4, -0.2) is 23.6 Å². The molecular weight excluding hydrogens is 364 g/mol. The number of allylic oxidation sites excluding steroid dienone is 12. The molecule has 0 heterocycles. The van der Waals surface area contributed by atoms with Crippen LogP contribution in [0.3, 0.4) is 0 Å². The molecule has 2 aliphatic carbocycles. The summed E-state index contributed by atoms with van der Waals surface area (Å²) in [5, 5.41) is -0.0883. The van der Waals surface area contributed by atoms with E-state index in [2.05, 4.69) is 86.8 Å². The first kappa shape index (κ1) is 22.5. The molecule has 152 valence electrons. The van der Waals surface area contributed by atoms with Gasteiger partial charge in [-0.1, -0.05) is 79.8 Å². The van der Waals surface area contributed by atoms with Crippen LogP contribution in [0, 0.1) is 10.8 Å². The second-order valence-corrected chi connectivity index (χ2v) is 8.84. The van der Waals surface area contributed by atoms with E-state index in [1.54, 1.807) is 11.8 Å². The Hall–Kier alpha value is -1.74. The molecule has 0 aliphatic heterocycles. The molecule has 0 amide bonds. The Kier molecular flexibility index (Phi) is 9.11. The summed E-state index contributed by atoms with van der Waals surface area (Å²) >= 11 is 1.69. The van der Waals surface area contributed by atoms with Gasteiger partial charge in [0.25, 0.3) is 0 Å². The quantitative estimate of drug-likeness (QED) is 0.307. The van der Waals surface area contributed by atoms with Gasteiger partial charge in [0.2, 0.25) is 0 Å². The SMILES string of the molecule is CCCSC(C/C=C/C/C=C\C1(C)C=CC2(C=CCC=C2)C=C1)C(=O)OCC. The fourth-order valence-corrected chi connectivity index (χ4v) is 4.19. The number of hydrogen-bond acceptors (Lipinski definition) is 3. The van der Waals surface area contributed by atoms with Crippen LogP contribution in [0.15, 0.2) is 72.9 Å². The van der Waals surface area contributed by atoms with Gasteiger partial charge in [0.15, 0.2) is 0 Å². The summed E-state index contributed by atoms with van der Waals surface area (Å²) in [5.74, 6) is 0.894. The standard InChI is InChI=1S/C25H34O2S/c1-4-21-28-22(23(26)27-5-2)13-9-6-7-10-14-24(3)17-19-25(20-18-24)15-11-8-12-16-25/h6,9-12,14-20,22H,4-5,7-8,13,21H2,1-3H3/b9-6+,14-10-. The molecule has 0 fully saturated rings. The number of ether oxygens (including phenoxy) is 1. The smallest absolute Gasteiger partial charge is 0.319 e. The Labute approximate surface area is 175 Å². The fraction of sp³-hybridized carbons (Fsp3) is 0.480. The molecule has 0 aromatic heterocycles. The van der Waals surface area contributed by atoms with Crippen LogP contribution in [0.1, 0.15) is 46.5 Å². The second kappa shape index (κ2) is 11.3. The summed E-state index contributed by atoms with van der Waals surface area (Å²) in [4.78, 5) is 12.0. The lowest BCUT2D eigenvalue weighted by molar-refractivity contribution is -0.142. The van der Waals surface area contributed by atoms with Crippen LogP contribution in [0.5, 0.6) is 0 Å². The van der Waals surface area contributed by atoms with Crippen LogP contribution in [0.4, 0.5) is 0 Å². The maximum atomic E-state index is 12.0. The number of thioether (sulfide) groups is 1. The van der Waals surface area contributed by atoms with Crippen LogP contribution >= 0.6 is 11.8 Å². The van der Waals surface area contributed by atoms with E-state index in [1.165, 1.54) is 0 Å². The van der Waals surface area contributed by atoms with Crippen molar-refractivity contribution in [1.82, 2.24) is 0 Å². The third-order valence-electron chi connectivity index (χ3n) is 4.89. The van der Waals surface area contributed by atoms with Gasteiger partial charge in [-0.15, -0.1) is 11.8 Å². The van der Waals surface area contributed by atoms with E-state index in [0.717, 1.165) is 31.4 Å². The molecule has 0 saturated carbocycles. The molecule has 0 N–H and O–H groups in total. The fourth-order valence-electron chi connectivity index (χ4n) is 3.21. The minimum atomic E-state index is -0.0918. The van der Waals surface area contributed by atoms with Crippen molar-refractivity contribution in [3.63, 3.8) is 0 Å². The summed E-state index contributed by atoms with van der Waals surface area (Å²) in [7, 11) is 0. The normalized spacial score (nSPS) is 20.4. The Morgan fingerprint density at radius 1 is 1.07 bits per heavy atom. The first-order valence-corrected chi connectivity index (χ1v) is 11.4. The highest BCUT2D eigenvalue weighted by atomic mass is 32.2.